The second kappa shape index (κ2) is 19.4. The molecule has 2 aromatic rings. The van der Waals surface area contributed by atoms with Crippen molar-refractivity contribution < 1.29 is 38.8 Å². The lowest BCUT2D eigenvalue weighted by molar-refractivity contribution is -0.253. The number of hydrogen-bond donors (Lipinski definition) is 2. The van der Waals surface area contributed by atoms with Crippen LogP contribution < -0.4 is 9.47 Å². The third-order valence-corrected chi connectivity index (χ3v) is 11.4. The van der Waals surface area contributed by atoms with E-state index in [1.807, 2.05) is 51.1 Å². The number of likely N-dealkylation sites (N-methyl/N-ethyl adjacent to an activating group) is 1. The molecule has 3 aliphatic rings. The minimum atomic E-state index is -1.32. The second-order valence-electron chi connectivity index (χ2n) is 15.3. The zero-order chi connectivity index (χ0) is 38.7. The van der Waals surface area contributed by atoms with Crippen molar-refractivity contribution in [3.63, 3.8) is 0 Å². The number of thioether (sulfide) groups is 1. The van der Waals surface area contributed by atoms with Crippen molar-refractivity contribution in [3.05, 3.63) is 78.4 Å². The Kier molecular flexibility index (Phi) is 14.9. The van der Waals surface area contributed by atoms with E-state index in [4.69, 9.17) is 28.9 Å². The number of carbonyl (C=O) groups excluding carboxylic acids is 1. The van der Waals surface area contributed by atoms with E-state index in [2.05, 4.69) is 30.9 Å². The minimum absolute atomic E-state index is 0.121. The number of fused-ring (bicyclic) bond motifs is 2. The van der Waals surface area contributed by atoms with Crippen molar-refractivity contribution >= 4 is 23.6 Å². The summed E-state index contributed by atoms with van der Waals surface area (Å²) < 4.78 is 26.0. The van der Waals surface area contributed by atoms with Crippen LogP contribution in [0.4, 0.5) is 4.79 Å². The number of allylic oxidation sites excluding steroid dienone is 1. The van der Waals surface area contributed by atoms with Gasteiger partial charge in [-0.25, -0.2) is 4.79 Å². The number of carbonyl (C=O) groups is 1. The van der Waals surface area contributed by atoms with E-state index in [0.29, 0.717) is 31.6 Å². The van der Waals surface area contributed by atoms with Crippen LogP contribution >= 0.6 is 11.8 Å². The molecule has 2 aliphatic carbocycles. The first-order valence-electron chi connectivity index (χ1n) is 19.5. The van der Waals surface area contributed by atoms with E-state index >= 15 is 0 Å². The molecular formula is C43H60N2O8S. The Morgan fingerprint density at radius 2 is 1.83 bits per heavy atom. The lowest BCUT2D eigenvalue weighted by atomic mass is 9.55. The largest absolute Gasteiger partial charge is 0.493 e. The van der Waals surface area contributed by atoms with Gasteiger partial charge >= 0.3 is 6.09 Å². The Morgan fingerprint density at radius 3 is 2.52 bits per heavy atom. The van der Waals surface area contributed by atoms with Crippen molar-refractivity contribution in [1.82, 2.24) is 4.90 Å². The number of oxime groups is 1. The average Bonchev–Trinajstić information content (AvgIpc) is 3.16. The molecule has 11 heteroatoms. The van der Waals surface area contributed by atoms with Gasteiger partial charge in [-0.2, -0.15) is 0 Å². The molecule has 5 rings (SSSR count). The molecule has 0 bridgehead atoms. The zero-order valence-electron chi connectivity index (χ0n) is 32.7. The summed E-state index contributed by atoms with van der Waals surface area (Å²) in [6.45, 7) is 12.9. The van der Waals surface area contributed by atoms with Gasteiger partial charge in [-0.1, -0.05) is 48.3 Å². The highest BCUT2D eigenvalue weighted by atomic mass is 32.2. The molecule has 0 spiro atoms. The van der Waals surface area contributed by atoms with E-state index < -0.39 is 23.5 Å². The molecular weight excluding hydrogens is 705 g/mol. The lowest BCUT2D eigenvalue weighted by Gasteiger charge is -2.59. The van der Waals surface area contributed by atoms with Crippen molar-refractivity contribution in [1.29, 1.82) is 0 Å². The number of hydrogen-bond acceptors (Lipinski definition) is 10. The minimum Gasteiger partial charge on any atom is -0.493 e. The van der Waals surface area contributed by atoms with Crippen molar-refractivity contribution in [2.45, 2.75) is 101 Å². The highest BCUT2D eigenvalue weighted by molar-refractivity contribution is 7.99. The summed E-state index contributed by atoms with van der Waals surface area (Å²) in [5.41, 5.74) is 2.21. The summed E-state index contributed by atoms with van der Waals surface area (Å²) in [6.07, 6.45) is 8.72. The molecule has 1 aliphatic heterocycles. The molecule has 2 aromatic carbocycles. The van der Waals surface area contributed by atoms with Gasteiger partial charge in [-0.05, 0) is 101 Å². The first kappa shape index (κ1) is 41.6. The summed E-state index contributed by atoms with van der Waals surface area (Å²) in [4.78, 5) is 22.5. The van der Waals surface area contributed by atoms with Gasteiger partial charge in [-0.3, -0.25) is 0 Å². The zero-order valence-corrected chi connectivity index (χ0v) is 33.5. The molecule has 0 aromatic heterocycles. The van der Waals surface area contributed by atoms with Crippen molar-refractivity contribution in [2.24, 2.45) is 22.9 Å². The third-order valence-electron chi connectivity index (χ3n) is 10.5. The number of benzene rings is 2. The predicted octanol–water partition coefficient (Wildman–Crippen LogP) is 8.38. The van der Waals surface area contributed by atoms with Gasteiger partial charge in [0.05, 0.1) is 31.5 Å². The molecule has 10 nitrogen and oxygen atoms in total. The van der Waals surface area contributed by atoms with E-state index in [-0.39, 0.29) is 50.1 Å². The first-order chi connectivity index (χ1) is 26.1. The number of unbranched alkanes of at least 4 members (excludes halogenated alkanes) is 2. The van der Waals surface area contributed by atoms with Gasteiger partial charge < -0.3 is 38.9 Å². The van der Waals surface area contributed by atoms with Crippen LogP contribution in [0.25, 0.3) is 0 Å². The van der Waals surface area contributed by atoms with Gasteiger partial charge in [0.2, 0.25) is 5.79 Å². The summed E-state index contributed by atoms with van der Waals surface area (Å²) in [5, 5.41) is 24.5. The number of ether oxygens (including phenoxy) is 4. The Bertz CT molecular complexity index is 1590. The Morgan fingerprint density at radius 1 is 1.09 bits per heavy atom. The standard InChI is InChI=1S/C43H60N2O8S/c1-7-24-51-43-38(45(6)41(48)49-8-2)29-36(44-53-42(3,4)5)34-27-30(16-12-14-22-46)33(19-13-15-23-47)39(40(34)43)35-28-31(20-21-37(35)52-43)50-25-26-54-32-17-10-9-11-18-32/h7,9-11,17-18,20-21,27-28,30,33,38-40,46-47H,1,8,12-16,19,22-26,29H2,2-6H3/t30-,33+,38-,39+,40+,43+/m0/s1. The van der Waals surface area contributed by atoms with Crippen LogP contribution in [-0.4, -0.2) is 90.2 Å². The van der Waals surface area contributed by atoms with Gasteiger partial charge in [0.15, 0.2) is 0 Å². The normalized spacial score (nSPS) is 25.1. The molecule has 54 heavy (non-hydrogen) atoms. The van der Waals surface area contributed by atoms with Crippen LogP contribution in [0.2, 0.25) is 0 Å². The predicted molar refractivity (Wildman–Crippen MR) is 213 cm³/mol. The fourth-order valence-electron chi connectivity index (χ4n) is 8.20. The molecule has 6 atom stereocenters. The number of rotatable bonds is 19. The molecule has 0 radical (unpaired) electrons. The van der Waals surface area contributed by atoms with Crippen LogP contribution in [-0.2, 0) is 14.3 Å². The molecule has 1 saturated carbocycles. The van der Waals surface area contributed by atoms with E-state index in [1.165, 1.54) is 4.90 Å². The Balaban J connectivity index is 1.67. The molecule has 0 unspecified atom stereocenters. The van der Waals surface area contributed by atoms with E-state index in [0.717, 1.165) is 54.0 Å². The van der Waals surface area contributed by atoms with Crippen LogP contribution in [0, 0.1) is 17.8 Å². The van der Waals surface area contributed by atoms with Crippen molar-refractivity contribution in [2.75, 3.05) is 45.8 Å². The molecule has 2 N–H and O–H groups in total. The fraction of sp³-hybridized carbons (Fsp3) is 0.581. The summed E-state index contributed by atoms with van der Waals surface area (Å²) >= 11 is 1.75. The number of amides is 1. The summed E-state index contributed by atoms with van der Waals surface area (Å²) in [6, 6.07) is 15.7. The van der Waals surface area contributed by atoms with Gasteiger partial charge in [0, 0.05) is 48.8 Å². The van der Waals surface area contributed by atoms with E-state index in [1.54, 1.807) is 36.7 Å². The molecule has 296 valence electrons. The van der Waals surface area contributed by atoms with E-state index in [9.17, 15) is 15.0 Å². The topological polar surface area (TPSA) is 119 Å². The molecule has 1 heterocycles. The van der Waals surface area contributed by atoms with Crippen LogP contribution in [0.15, 0.2) is 82.9 Å². The van der Waals surface area contributed by atoms with Gasteiger partial charge in [0.1, 0.15) is 23.1 Å². The second-order valence-corrected chi connectivity index (χ2v) is 16.5. The lowest BCUT2D eigenvalue weighted by Crippen LogP contribution is -2.69. The SMILES string of the molecule is C=CCO[C@@]12Oc3ccc(OCCSc4ccccc4)cc3[C@H]3[C@H](CCCCO)[C@@H](CCCCO)C=C(C(=NOC(C)(C)C)C[C@@H]1N(C)C(=O)OCC)[C@H]32. The van der Waals surface area contributed by atoms with Crippen LogP contribution in [0.1, 0.15) is 84.1 Å². The molecule has 0 saturated heterocycles. The number of nitrogens with zero attached hydrogens (tertiary/aromatic N) is 2. The fourth-order valence-corrected chi connectivity index (χ4v) is 8.95. The highest BCUT2D eigenvalue weighted by Crippen LogP contribution is 2.61. The van der Waals surface area contributed by atoms with Gasteiger partial charge in [0.25, 0.3) is 0 Å². The monoisotopic (exact) mass is 764 g/mol. The Hall–Kier alpha value is -3.51. The quantitative estimate of drug-likeness (QED) is 0.0630. The summed E-state index contributed by atoms with van der Waals surface area (Å²) in [5.74, 6) is 0.660. The van der Waals surface area contributed by atoms with Crippen LogP contribution in [0.3, 0.4) is 0 Å². The summed E-state index contributed by atoms with van der Waals surface area (Å²) in [7, 11) is 1.73. The third kappa shape index (κ3) is 9.83. The van der Waals surface area contributed by atoms with Crippen molar-refractivity contribution in [3.8, 4) is 11.5 Å². The number of aliphatic hydroxyl groups excluding tert-OH is 2. The number of aliphatic hydroxyl groups is 2. The van der Waals surface area contributed by atoms with Crippen LogP contribution in [0.5, 0.6) is 11.5 Å². The van der Waals surface area contributed by atoms with Gasteiger partial charge in [-0.15, -0.1) is 18.3 Å². The highest BCUT2D eigenvalue weighted by Gasteiger charge is 2.65. The first-order valence-corrected chi connectivity index (χ1v) is 20.5. The maximum absolute atomic E-state index is 13.6. The molecule has 1 amide bonds. The maximum atomic E-state index is 13.6. The maximum Gasteiger partial charge on any atom is 0.409 e. The smallest absolute Gasteiger partial charge is 0.409 e. The average molecular weight is 765 g/mol. The Labute approximate surface area is 325 Å². The molecule has 1 fully saturated rings.